The molecule has 0 amide bonds. The molecule has 0 aliphatic heterocycles. The summed E-state index contributed by atoms with van der Waals surface area (Å²) in [7, 11) is 0. The van der Waals surface area contributed by atoms with Gasteiger partial charge in [0.1, 0.15) is 11.4 Å². The third-order valence-corrected chi connectivity index (χ3v) is 3.33. The first-order valence-electron chi connectivity index (χ1n) is 5.75. The number of ether oxygens (including phenoxy) is 1. The van der Waals surface area contributed by atoms with E-state index in [4.69, 9.17) is 10.5 Å². The second-order valence-corrected chi connectivity index (χ2v) is 6.99. The lowest BCUT2D eigenvalue weighted by molar-refractivity contribution is -0.155. The Morgan fingerprint density at radius 1 is 1.42 bits per heavy atom. The second kappa shape index (κ2) is 6.24. The molecule has 1 atom stereocenters. The first-order chi connectivity index (χ1) is 8.60. The van der Waals surface area contributed by atoms with Gasteiger partial charge in [-0.2, -0.15) is 0 Å². The molecule has 0 bridgehead atoms. The molecule has 0 aromatic heterocycles. The Hall–Kier alpha value is -0.590. The minimum absolute atomic E-state index is 0.00766. The topological polar surface area (TPSA) is 72.5 Å². The zero-order chi connectivity index (χ0) is 14.8. The van der Waals surface area contributed by atoms with Crippen LogP contribution in [0.2, 0.25) is 0 Å². The molecule has 6 heteroatoms. The quantitative estimate of drug-likeness (QED) is 0.767. The van der Waals surface area contributed by atoms with Crippen molar-refractivity contribution in [3.05, 3.63) is 26.6 Å². The van der Waals surface area contributed by atoms with Gasteiger partial charge < -0.3 is 15.6 Å². The molecule has 0 unspecified atom stereocenters. The third-order valence-electron chi connectivity index (χ3n) is 2.26. The molecule has 19 heavy (non-hydrogen) atoms. The smallest absolute Gasteiger partial charge is 0.308 e. The number of phenolic OH excluding ortho intramolecular Hbond substituents is 1. The summed E-state index contributed by atoms with van der Waals surface area (Å²) in [6.07, 6.45) is 0.00766. The summed E-state index contributed by atoms with van der Waals surface area (Å²) in [5, 5.41) is 9.94. The van der Waals surface area contributed by atoms with Gasteiger partial charge in [0.2, 0.25) is 0 Å². The number of nitrogens with two attached hydrogens (primary N) is 1. The molecule has 0 heterocycles. The lowest BCUT2D eigenvalue weighted by Crippen LogP contribution is -2.26. The fourth-order valence-electron chi connectivity index (χ4n) is 1.54. The molecule has 3 N–H and O–H groups in total. The van der Waals surface area contributed by atoms with Crippen molar-refractivity contribution in [1.29, 1.82) is 0 Å². The van der Waals surface area contributed by atoms with Crippen molar-refractivity contribution in [3.8, 4) is 5.75 Å². The minimum atomic E-state index is -0.622. The lowest BCUT2D eigenvalue weighted by Gasteiger charge is -2.21. The Bertz CT molecular complexity index is 484. The second-order valence-electron chi connectivity index (χ2n) is 5.22. The largest absolute Gasteiger partial charge is 0.506 e. The Kier molecular flexibility index (Phi) is 5.41. The molecular weight excluding hydrogens is 378 g/mol. The number of aromatic hydroxyl groups is 1. The van der Waals surface area contributed by atoms with Crippen LogP contribution in [0.5, 0.6) is 5.75 Å². The summed E-state index contributed by atoms with van der Waals surface area (Å²) in [5.74, 6) is -0.352. The van der Waals surface area contributed by atoms with Crippen LogP contribution in [-0.2, 0) is 9.53 Å². The van der Waals surface area contributed by atoms with Crippen LogP contribution in [0.4, 0.5) is 0 Å². The molecule has 1 aromatic rings. The SMILES string of the molecule is CC(C)(C)OC(=O)C[C@H](N)c1cc(Br)cc(Br)c1O. The summed E-state index contributed by atoms with van der Waals surface area (Å²) in [5.41, 5.74) is 5.90. The van der Waals surface area contributed by atoms with Crippen molar-refractivity contribution in [2.75, 3.05) is 0 Å². The maximum absolute atomic E-state index is 11.7. The zero-order valence-corrected chi connectivity index (χ0v) is 14.2. The van der Waals surface area contributed by atoms with E-state index in [9.17, 15) is 9.90 Å². The summed E-state index contributed by atoms with van der Waals surface area (Å²) in [4.78, 5) is 11.7. The van der Waals surface area contributed by atoms with Crippen LogP contribution in [0.15, 0.2) is 21.1 Å². The van der Waals surface area contributed by atoms with E-state index in [2.05, 4.69) is 31.9 Å². The number of phenols is 1. The maximum Gasteiger partial charge on any atom is 0.308 e. The van der Waals surface area contributed by atoms with Gasteiger partial charge in [-0.05, 0) is 48.8 Å². The maximum atomic E-state index is 11.7. The number of carbonyl (C=O) groups is 1. The summed E-state index contributed by atoms with van der Waals surface area (Å²) >= 11 is 6.55. The van der Waals surface area contributed by atoms with Crippen LogP contribution < -0.4 is 5.73 Å². The van der Waals surface area contributed by atoms with Gasteiger partial charge in [-0.3, -0.25) is 4.79 Å². The number of esters is 1. The van der Waals surface area contributed by atoms with Gasteiger partial charge in [0, 0.05) is 16.1 Å². The van der Waals surface area contributed by atoms with Crippen LogP contribution in [0.1, 0.15) is 38.8 Å². The van der Waals surface area contributed by atoms with Crippen molar-refractivity contribution in [2.24, 2.45) is 5.73 Å². The molecule has 0 spiro atoms. The van der Waals surface area contributed by atoms with E-state index in [1.54, 1.807) is 32.9 Å². The predicted octanol–water partition coefficient (Wildman–Crippen LogP) is 3.65. The minimum Gasteiger partial charge on any atom is -0.506 e. The van der Waals surface area contributed by atoms with Crippen LogP contribution in [-0.4, -0.2) is 16.7 Å². The molecule has 0 aliphatic rings. The van der Waals surface area contributed by atoms with E-state index >= 15 is 0 Å². The highest BCUT2D eigenvalue weighted by Crippen LogP contribution is 2.35. The van der Waals surface area contributed by atoms with E-state index < -0.39 is 17.6 Å². The molecular formula is C13H17Br2NO3. The van der Waals surface area contributed by atoms with Crippen molar-refractivity contribution in [3.63, 3.8) is 0 Å². The van der Waals surface area contributed by atoms with Crippen LogP contribution in [0, 0.1) is 0 Å². The Morgan fingerprint density at radius 2 is 2.00 bits per heavy atom. The Balaban J connectivity index is 2.84. The van der Waals surface area contributed by atoms with Crippen LogP contribution in [0.3, 0.4) is 0 Å². The fourth-order valence-corrected chi connectivity index (χ4v) is 2.80. The van der Waals surface area contributed by atoms with E-state index in [0.29, 0.717) is 10.0 Å². The molecule has 0 saturated heterocycles. The normalized spacial score (nSPS) is 13.2. The highest BCUT2D eigenvalue weighted by Gasteiger charge is 2.22. The predicted molar refractivity (Wildman–Crippen MR) is 80.9 cm³/mol. The van der Waals surface area contributed by atoms with Gasteiger partial charge in [-0.25, -0.2) is 0 Å². The third kappa shape index (κ3) is 5.12. The average molecular weight is 395 g/mol. The van der Waals surface area contributed by atoms with E-state index in [0.717, 1.165) is 4.47 Å². The molecule has 1 aromatic carbocycles. The van der Waals surface area contributed by atoms with Gasteiger partial charge in [-0.1, -0.05) is 15.9 Å². The van der Waals surface area contributed by atoms with Crippen molar-refractivity contribution < 1.29 is 14.6 Å². The van der Waals surface area contributed by atoms with Gasteiger partial charge >= 0.3 is 5.97 Å². The number of benzene rings is 1. The van der Waals surface area contributed by atoms with Crippen LogP contribution in [0.25, 0.3) is 0 Å². The number of carbonyl (C=O) groups excluding carboxylic acids is 1. The zero-order valence-electron chi connectivity index (χ0n) is 11.0. The average Bonchev–Trinajstić information content (AvgIpc) is 2.20. The highest BCUT2D eigenvalue weighted by molar-refractivity contribution is 9.11. The Morgan fingerprint density at radius 3 is 2.53 bits per heavy atom. The lowest BCUT2D eigenvalue weighted by atomic mass is 10.0. The fraction of sp³-hybridized carbons (Fsp3) is 0.462. The summed E-state index contributed by atoms with van der Waals surface area (Å²) in [6.45, 7) is 5.39. The molecule has 0 saturated carbocycles. The van der Waals surface area contributed by atoms with Crippen molar-refractivity contribution in [1.82, 2.24) is 0 Å². The number of rotatable bonds is 3. The standard InChI is InChI=1S/C13H17Br2NO3/c1-13(2,3)19-11(17)6-10(16)8-4-7(14)5-9(15)12(8)18/h4-5,10,18H,6,16H2,1-3H3/t10-/m0/s1. The van der Waals surface area contributed by atoms with Gasteiger partial charge in [0.15, 0.2) is 0 Å². The molecule has 0 aliphatic carbocycles. The number of hydrogen-bond acceptors (Lipinski definition) is 4. The number of hydrogen-bond donors (Lipinski definition) is 2. The summed E-state index contributed by atoms with van der Waals surface area (Å²) in [6, 6.07) is 2.78. The van der Waals surface area contributed by atoms with E-state index in [1.165, 1.54) is 0 Å². The highest BCUT2D eigenvalue weighted by atomic mass is 79.9. The first-order valence-corrected chi connectivity index (χ1v) is 7.34. The molecule has 0 radical (unpaired) electrons. The van der Waals surface area contributed by atoms with Crippen molar-refractivity contribution in [2.45, 2.75) is 38.8 Å². The molecule has 106 valence electrons. The van der Waals surface area contributed by atoms with Crippen LogP contribution >= 0.6 is 31.9 Å². The van der Waals surface area contributed by atoms with Gasteiger partial charge in [-0.15, -0.1) is 0 Å². The molecule has 0 fully saturated rings. The first kappa shape index (κ1) is 16.5. The molecule has 4 nitrogen and oxygen atoms in total. The van der Waals surface area contributed by atoms with Gasteiger partial charge in [0.25, 0.3) is 0 Å². The van der Waals surface area contributed by atoms with E-state index in [1.807, 2.05) is 0 Å². The molecule has 1 rings (SSSR count). The van der Waals surface area contributed by atoms with E-state index in [-0.39, 0.29) is 12.2 Å². The summed E-state index contributed by atoms with van der Waals surface area (Å²) < 4.78 is 6.50. The number of halogens is 2. The monoisotopic (exact) mass is 393 g/mol. The van der Waals surface area contributed by atoms with Gasteiger partial charge in [0.05, 0.1) is 10.9 Å². The van der Waals surface area contributed by atoms with Crippen molar-refractivity contribution >= 4 is 37.8 Å². The Labute approximate surface area is 129 Å².